The molecule has 0 bridgehead atoms. The second-order valence-corrected chi connectivity index (χ2v) is 7.74. The molecule has 1 aliphatic rings. The van der Waals surface area contributed by atoms with Crippen LogP contribution >= 0.6 is 11.6 Å². The van der Waals surface area contributed by atoms with Crippen LogP contribution in [0.5, 0.6) is 5.75 Å². The number of rotatable bonds is 4. The fourth-order valence-electron chi connectivity index (χ4n) is 2.54. The molecule has 0 saturated carbocycles. The van der Waals surface area contributed by atoms with E-state index in [2.05, 4.69) is 0 Å². The maximum Gasteiger partial charge on any atom is 0.494 e. The first-order valence-electron chi connectivity index (χ1n) is 8.30. The molecule has 0 amide bonds. The van der Waals surface area contributed by atoms with E-state index in [1.54, 1.807) is 0 Å². The van der Waals surface area contributed by atoms with Crippen molar-refractivity contribution in [1.29, 1.82) is 0 Å². The quantitative estimate of drug-likeness (QED) is 0.666. The number of hydrogen-bond donors (Lipinski definition) is 1. The summed E-state index contributed by atoms with van der Waals surface area (Å²) in [5, 5.41) is 0.700. The van der Waals surface area contributed by atoms with E-state index in [0.717, 1.165) is 11.0 Å². The molecule has 0 unspecified atom stereocenters. The summed E-state index contributed by atoms with van der Waals surface area (Å²) in [5.41, 5.74) is 7.77. The van der Waals surface area contributed by atoms with Crippen LogP contribution in [0.25, 0.3) is 0 Å². The van der Waals surface area contributed by atoms with Gasteiger partial charge in [-0.1, -0.05) is 29.8 Å². The average Bonchev–Trinajstić information content (AvgIpc) is 2.76. The fraction of sp³-hybridized carbons (Fsp3) is 0.368. The zero-order valence-electron chi connectivity index (χ0n) is 15.0. The first-order valence-corrected chi connectivity index (χ1v) is 8.68. The molecule has 0 radical (unpaired) electrons. The Hall–Kier alpha value is -1.69. The Bertz CT molecular complexity index is 746. The first-order chi connectivity index (χ1) is 11.7. The monoisotopic (exact) mass is 359 g/mol. The summed E-state index contributed by atoms with van der Waals surface area (Å²) in [7, 11) is -0.441. The molecule has 0 atom stereocenters. The molecular formula is C19H23BClNO3. The highest BCUT2D eigenvalue weighted by molar-refractivity contribution is 6.62. The van der Waals surface area contributed by atoms with Crippen LogP contribution in [0.1, 0.15) is 33.3 Å². The Kier molecular flexibility index (Phi) is 4.75. The number of ether oxygens (including phenoxy) is 1. The Morgan fingerprint density at radius 1 is 1.00 bits per heavy atom. The average molecular weight is 360 g/mol. The second kappa shape index (κ2) is 6.56. The van der Waals surface area contributed by atoms with Crippen LogP contribution in [0.3, 0.4) is 0 Å². The van der Waals surface area contributed by atoms with Crippen molar-refractivity contribution >= 4 is 29.9 Å². The van der Waals surface area contributed by atoms with Crippen molar-refractivity contribution in [3.8, 4) is 5.75 Å². The van der Waals surface area contributed by atoms with Crippen LogP contribution in [-0.2, 0) is 15.9 Å². The van der Waals surface area contributed by atoms with E-state index in [0.29, 0.717) is 23.1 Å². The van der Waals surface area contributed by atoms with Gasteiger partial charge in [0.15, 0.2) is 0 Å². The highest BCUT2D eigenvalue weighted by Gasteiger charge is 2.51. The molecule has 1 heterocycles. The van der Waals surface area contributed by atoms with E-state index in [-0.39, 0.29) is 11.2 Å². The zero-order valence-corrected chi connectivity index (χ0v) is 15.8. The lowest BCUT2D eigenvalue weighted by molar-refractivity contribution is 0.00578. The van der Waals surface area contributed by atoms with Gasteiger partial charge < -0.3 is 19.8 Å². The summed E-state index contributed by atoms with van der Waals surface area (Å²) in [6, 6.07) is 13.1. The van der Waals surface area contributed by atoms with E-state index >= 15 is 0 Å². The summed E-state index contributed by atoms with van der Waals surface area (Å²) < 4.78 is 18.1. The van der Waals surface area contributed by atoms with Gasteiger partial charge in [0.25, 0.3) is 0 Å². The van der Waals surface area contributed by atoms with Gasteiger partial charge in [-0.2, -0.15) is 0 Å². The third-order valence-electron chi connectivity index (χ3n) is 4.87. The number of anilines is 1. The number of nitrogen functional groups attached to an aromatic ring is 1. The third kappa shape index (κ3) is 3.79. The lowest BCUT2D eigenvalue weighted by Gasteiger charge is -2.32. The van der Waals surface area contributed by atoms with Crippen molar-refractivity contribution in [1.82, 2.24) is 0 Å². The Balaban J connectivity index is 1.76. The maximum atomic E-state index is 6.09. The third-order valence-corrected chi connectivity index (χ3v) is 5.12. The summed E-state index contributed by atoms with van der Waals surface area (Å²) in [6.45, 7) is 8.53. The smallest absolute Gasteiger partial charge is 0.487 e. The van der Waals surface area contributed by atoms with Crippen LogP contribution in [0, 0.1) is 0 Å². The number of benzene rings is 2. The van der Waals surface area contributed by atoms with Crippen LogP contribution in [0.2, 0.25) is 5.02 Å². The lowest BCUT2D eigenvalue weighted by atomic mass is 9.79. The van der Waals surface area contributed by atoms with Crippen molar-refractivity contribution in [2.45, 2.75) is 45.5 Å². The molecule has 4 nitrogen and oxygen atoms in total. The molecule has 1 saturated heterocycles. The van der Waals surface area contributed by atoms with Gasteiger partial charge in [0.05, 0.1) is 16.9 Å². The number of nitrogens with two attached hydrogens (primary N) is 1. The summed E-state index contributed by atoms with van der Waals surface area (Å²) in [6.07, 6.45) is 0. The fourth-order valence-corrected chi connectivity index (χ4v) is 2.67. The number of hydrogen-bond acceptors (Lipinski definition) is 4. The van der Waals surface area contributed by atoms with Gasteiger partial charge in [-0.15, -0.1) is 0 Å². The Labute approximate surface area is 154 Å². The summed E-state index contributed by atoms with van der Waals surface area (Å²) >= 11 is 5.90. The molecule has 0 aliphatic carbocycles. The SMILES string of the molecule is CC1(C)OB(c2ccc(N)c(OCc3ccc(Cl)cc3)c2)OC1(C)C. The molecule has 2 aromatic carbocycles. The minimum absolute atomic E-state index is 0.386. The zero-order chi connectivity index (χ0) is 18.2. The molecule has 25 heavy (non-hydrogen) atoms. The van der Waals surface area contributed by atoms with E-state index in [1.807, 2.05) is 70.2 Å². The van der Waals surface area contributed by atoms with E-state index < -0.39 is 7.12 Å². The highest BCUT2D eigenvalue weighted by atomic mass is 35.5. The minimum atomic E-state index is -0.441. The van der Waals surface area contributed by atoms with Crippen molar-refractivity contribution in [2.24, 2.45) is 0 Å². The summed E-state index contributed by atoms with van der Waals surface area (Å²) in [5.74, 6) is 0.613. The normalized spacial score (nSPS) is 18.4. The second-order valence-electron chi connectivity index (χ2n) is 7.30. The lowest BCUT2D eigenvalue weighted by Crippen LogP contribution is -2.41. The molecule has 0 aromatic heterocycles. The molecular weight excluding hydrogens is 336 g/mol. The molecule has 1 fully saturated rings. The predicted octanol–water partition coefficient (Wildman–Crippen LogP) is 3.80. The molecule has 6 heteroatoms. The van der Waals surface area contributed by atoms with Gasteiger partial charge in [-0.25, -0.2) is 0 Å². The Morgan fingerprint density at radius 2 is 1.60 bits per heavy atom. The van der Waals surface area contributed by atoms with Gasteiger partial charge in [-0.3, -0.25) is 0 Å². The van der Waals surface area contributed by atoms with Crippen LogP contribution in [0.4, 0.5) is 5.69 Å². The van der Waals surface area contributed by atoms with Crippen molar-refractivity contribution < 1.29 is 14.0 Å². The van der Waals surface area contributed by atoms with Gasteiger partial charge in [-0.05, 0) is 63.0 Å². The minimum Gasteiger partial charge on any atom is -0.487 e. The molecule has 132 valence electrons. The standard InChI is InChI=1S/C19H23BClNO3/c1-18(2)19(3,4)25-20(24-18)14-7-10-16(22)17(11-14)23-12-13-5-8-15(21)9-6-13/h5-11H,12,22H2,1-4H3. The topological polar surface area (TPSA) is 53.7 Å². The van der Waals surface area contributed by atoms with Gasteiger partial charge in [0.2, 0.25) is 0 Å². The highest BCUT2D eigenvalue weighted by Crippen LogP contribution is 2.37. The van der Waals surface area contributed by atoms with Crippen molar-refractivity contribution in [2.75, 3.05) is 5.73 Å². The maximum absolute atomic E-state index is 6.09. The van der Waals surface area contributed by atoms with Crippen LogP contribution < -0.4 is 15.9 Å². The largest absolute Gasteiger partial charge is 0.494 e. The molecule has 1 aliphatic heterocycles. The van der Waals surface area contributed by atoms with Crippen LogP contribution in [-0.4, -0.2) is 18.3 Å². The van der Waals surface area contributed by atoms with Gasteiger partial charge in [0, 0.05) is 5.02 Å². The Morgan fingerprint density at radius 3 is 2.20 bits per heavy atom. The molecule has 2 aromatic rings. The first kappa shape index (κ1) is 18.1. The molecule has 0 spiro atoms. The molecule has 3 rings (SSSR count). The summed E-state index contributed by atoms with van der Waals surface area (Å²) in [4.78, 5) is 0. The van der Waals surface area contributed by atoms with E-state index in [1.165, 1.54) is 0 Å². The van der Waals surface area contributed by atoms with E-state index in [4.69, 9.17) is 31.4 Å². The van der Waals surface area contributed by atoms with Crippen molar-refractivity contribution in [3.05, 3.63) is 53.1 Å². The van der Waals surface area contributed by atoms with Gasteiger partial charge >= 0.3 is 7.12 Å². The predicted molar refractivity (Wildman–Crippen MR) is 102 cm³/mol. The van der Waals surface area contributed by atoms with E-state index in [9.17, 15) is 0 Å². The molecule has 2 N–H and O–H groups in total. The van der Waals surface area contributed by atoms with Crippen molar-refractivity contribution in [3.63, 3.8) is 0 Å². The van der Waals surface area contributed by atoms with Crippen LogP contribution in [0.15, 0.2) is 42.5 Å². The number of halogens is 1. The van der Waals surface area contributed by atoms with Gasteiger partial charge in [0.1, 0.15) is 12.4 Å².